The highest BCUT2D eigenvalue weighted by molar-refractivity contribution is 7.89. The fraction of sp³-hybridized carbons (Fsp3) is 0.333. The van der Waals surface area contributed by atoms with Crippen LogP contribution >= 0.6 is 0 Å². The van der Waals surface area contributed by atoms with Gasteiger partial charge in [0.1, 0.15) is 12.4 Å². The summed E-state index contributed by atoms with van der Waals surface area (Å²) in [5.74, 6) is -1.70. The van der Waals surface area contributed by atoms with Crippen LogP contribution in [0.4, 0.5) is 10.1 Å². The van der Waals surface area contributed by atoms with Crippen LogP contribution in [-0.2, 0) is 21.4 Å². The number of sulfonamides is 1. The first-order valence-corrected chi connectivity index (χ1v) is 11.5. The van der Waals surface area contributed by atoms with Crippen LogP contribution < -0.4 is 11.1 Å². The Balaban J connectivity index is 1.57. The summed E-state index contributed by atoms with van der Waals surface area (Å²) >= 11 is 0. The molecule has 1 saturated heterocycles. The zero-order valence-electron chi connectivity index (χ0n) is 16.7. The predicted octanol–water partition coefficient (Wildman–Crippen LogP) is 2.94. The number of carbonyl (C=O) groups excluding carboxylic acids is 1. The van der Waals surface area contributed by atoms with Gasteiger partial charge in [0.15, 0.2) is 5.58 Å². The Morgan fingerprint density at radius 3 is 2.39 bits per heavy atom. The van der Waals surface area contributed by atoms with Crippen molar-refractivity contribution in [1.82, 2.24) is 8.87 Å². The van der Waals surface area contributed by atoms with E-state index < -0.39 is 27.5 Å². The first-order chi connectivity index (χ1) is 14.8. The standard InChI is InChI=1S/C21H22FN3O5S/c22-15-5-7-16(8-6-15)23-20(26)14-25-18-10-9-17(13-19(18)30-21(25)27)31(28,29)24-11-3-1-2-4-12-24/h5-10,13H,1-4,11-12,14H2,(H,23,26). The first-order valence-electron chi connectivity index (χ1n) is 10.0. The van der Waals surface area contributed by atoms with Crippen LogP contribution in [0.3, 0.4) is 0 Å². The maximum atomic E-state index is 13.0. The number of anilines is 1. The highest BCUT2D eigenvalue weighted by Crippen LogP contribution is 2.24. The summed E-state index contributed by atoms with van der Waals surface area (Å²) in [4.78, 5) is 24.7. The summed E-state index contributed by atoms with van der Waals surface area (Å²) < 4.78 is 46.8. The average molecular weight is 447 g/mol. The van der Waals surface area contributed by atoms with Crippen molar-refractivity contribution >= 4 is 32.7 Å². The minimum Gasteiger partial charge on any atom is -0.408 e. The monoisotopic (exact) mass is 447 g/mol. The van der Waals surface area contributed by atoms with Crippen LogP contribution in [0.1, 0.15) is 25.7 Å². The van der Waals surface area contributed by atoms with Crippen LogP contribution in [0.15, 0.2) is 56.6 Å². The molecular formula is C21H22FN3O5S. The zero-order chi connectivity index (χ0) is 22.0. The Kier molecular flexibility index (Phi) is 5.92. The molecule has 31 heavy (non-hydrogen) atoms. The van der Waals surface area contributed by atoms with E-state index in [0.29, 0.717) is 24.3 Å². The third-order valence-electron chi connectivity index (χ3n) is 5.27. The number of amides is 1. The van der Waals surface area contributed by atoms with Gasteiger partial charge in [-0.2, -0.15) is 4.31 Å². The molecule has 10 heteroatoms. The van der Waals surface area contributed by atoms with Gasteiger partial charge in [-0.25, -0.2) is 17.6 Å². The molecule has 0 radical (unpaired) electrons. The lowest BCUT2D eigenvalue weighted by Gasteiger charge is -2.19. The molecule has 1 aromatic heterocycles. The van der Waals surface area contributed by atoms with E-state index in [1.807, 2.05) is 0 Å². The lowest BCUT2D eigenvalue weighted by Crippen LogP contribution is -2.31. The maximum absolute atomic E-state index is 13.0. The largest absolute Gasteiger partial charge is 0.420 e. The number of fused-ring (bicyclic) bond motifs is 1. The van der Waals surface area contributed by atoms with Crippen molar-refractivity contribution in [3.05, 3.63) is 58.8 Å². The molecule has 8 nitrogen and oxygen atoms in total. The van der Waals surface area contributed by atoms with Gasteiger partial charge in [0, 0.05) is 24.8 Å². The van der Waals surface area contributed by atoms with E-state index in [2.05, 4.69) is 5.32 Å². The molecule has 0 unspecified atom stereocenters. The van der Waals surface area contributed by atoms with Crippen molar-refractivity contribution in [3.8, 4) is 0 Å². The molecule has 2 heterocycles. The Labute approximate surface area is 178 Å². The molecule has 1 amide bonds. The first kappa shape index (κ1) is 21.3. The molecule has 1 N–H and O–H groups in total. The number of aromatic nitrogens is 1. The van der Waals surface area contributed by atoms with Gasteiger partial charge in [-0.1, -0.05) is 12.8 Å². The number of nitrogens with one attached hydrogen (secondary N) is 1. The van der Waals surface area contributed by atoms with E-state index in [4.69, 9.17) is 4.42 Å². The number of nitrogens with zero attached hydrogens (tertiary/aromatic N) is 2. The molecule has 0 aliphatic carbocycles. The number of hydrogen-bond donors (Lipinski definition) is 1. The molecule has 1 aliphatic rings. The molecule has 1 aliphatic heterocycles. The molecule has 4 rings (SSSR count). The molecule has 2 aromatic carbocycles. The second-order valence-corrected chi connectivity index (χ2v) is 9.39. The van der Waals surface area contributed by atoms with Gasteiger partial charge in [-0.3, -0.25) is 9.36 Å². The van der Waals surface area contributed by atoms with Gasteiger partial charge < -0.3 is 9.73 Å². The molecular weight excluding hydrogens is 425 g/mol. The second kappa shape index (κ2) is 8.64. The number of oxazole rings is 1. The molecule has 1 fully saturated rings. The maximum Gasteiger partial charge on any atom is 0.420 e. The highest BCUT2D eigenvalue weighted by Gasteiger charge is 2.26. The minimum absolute atomic E-state index is 0.0542. The van der Waals surface area contributed by atoms with Gasteiger partial charge in [0.2, 0.25) is 15.9 Å². The van der Waals surface area contributed by atoms with Crippen LogP contribution in [0.25, 0.3) is 11.1 Å². The Hall–Kier alpha value is -2.98. The average Bonchev–Trinajstić information content (AvgIpc) is 2.91. The predicted molar refractivity (Wildman–Crippen MR) is 113 cm³/mol. The van der Waals surface area contributed by atoms with Gasteiger partial charge in [-0.15, -0.1) is 0 Å². The normalized spacial score (nSPS) is 15.6. The summed E-state index contributed by atoms with van der Waals surface area (Å²) in [6.45, 7) is 0.602. The lowest BCUT2D eigenvalue weighted by molar-refractivity contribution is -0.116. The lowest BCUT2D eigenvalue weighted by atomic mass is 10.2. The van der Waals surface area contributed by atoms with Crippen molar-refractivity contribution < 1.29 is 22.0 Å². The van der Waals surface area contributed by atoms with Crippen molar-refractivity contribution in [2.45, 2.75) is 37.1 Å². The third kappa shape index (κ3) is 4.54. The quantitative estimate of drug-likeness (QED) is 0.648. The van der Waals surface area contributed by atoms with Gasteiger partial charge in [0.25, 0.3) is 0 Å². The van der Waals surface area contributed by atoms with Crippen molar-refractivity contribution in [3.63, 3.8) is 0 Å². The Bertz CT molecular complexity index is 1260. The summed E-state index contributed by atoms with van der Waals surface area (Å²) in [5, 5.41) is 2.57. The van der Waals surface area contributed by atoms with Crippen molar-refractivity contribution in [1.29, 1.82) is 0 Å². The number of rotatable bonds is 5. The van der Waals surface area contributed by atoms with Crippen molar-refractivity contribution in [2.75, 3.05) is 18.4 Å². The summed E-state index contributed by atoms with van der Waals surface area (Å²) in [7, 11) is -3.70. The van der Waals surface area contributed by atoms with E-state index in [9.17, 15) is 22.4 Å². The van der Waals surface area contributed by atoms with E-state index in [-0.39, 0.29) is 17.0 Å². The highest BCUT2D eigenvalue weighted by atomic mass is 32.2. The molecule has 0 bridgehead atoms. The Morgan fingerprint density at radius 1 is 1.03 bits per heavy atom. The van der Waals surface area contributed by atoms with Crippen LogP contribution in [-0.4, -0.2) is 36.3 Å². The smallest absolute Gasteiger partial charge is 0.408 e. The Morgan fingerprint density at radius 2 is 1.71 bits per heavy atom. The molecule has 164 valence electrons. The van der Waals surface area contributed by atoms with Crippen molar-refractivity contribution in [2.24, 2.45) is 0 Å². The second-order valence-electron chi connectivity index (χ2n) is 7.46. The molecule has 0 spiro atoms. The van der Waals surface area contributed by atoms with Gasteiger partial charge in [-0.05, 0) is 49.2 Å². The van der Waals surface area contributed by atoms with Crippen LogP contribution in [0, 0.1) is 5.82 Å². The van der Waals surface area contributed by atoms with E-state index >= 15 is 0 Å². The number of benzene rings is 2. The van der Waals surface area contributed by atoms with E-state index in [1.165, 1.54) is 46.8 Å². The fourth-order valence-corrected chi connectivity index (χ4v) is 5.20. The topological polar surface area (TPSA) is 102 Å². The van der Waals surface area contributed by atoms with Gasteiger partial charge >= 0.3 is 5.76 Å². The summed E-state index contributed by atoms with van der Waals surface area (Å²) in [6, 6.07) is 9.45. The SMILES string of the molecule is O=C(Cn1c(=O)oc2cc(S(=O)(=O)N3CCCCCC3)ccc21)Nc1ccc(F)cc1. The number of halogens is 1. The molecule has 0 saturated carbocycles. The fourth-order valence-electron chi connectivity index (χ4n) is 3.67. The van der Waals surface area contributed by atoms with E-state index in [1.54, 1.807) is 0 Å². The third-order valence-corrected chi connectivity index (χ3v) is 7.17. The van der Waals surface area contributed by atoms with E-state index in [0.717, 1.165) is 30.3 Å². The number of hydrogen-bond acceptors (Lipinski definition) is 5. The minimum atomic E-state index is -3.70. The van der Waals surface area contributed by atoms with Gasteiger partial charge in [0.05, 0.1) is 10.4 Å². The zero-order valence-corrected chi connectivity index (χ0v) is 17.5. The summed E-state index contributed by atoms with van der Waals surface area (Å²) in [6.07, 6.45) is 3.64. The molecule has 3 aromatic rings. The molecule has 0 atom stereocenters. The number of carbonyl (C=O) groups is 1. The summed E-state index contributed by atoms with van der Waals surface area (Å²) in [5.41, 5.74) is 0.794. The van der Waals surface area contributed by atoms with Crippen LogP contribution in [0.2, 0.25) is 0 Å². The van der Waals surface area contributed by atoms with Crippen LogP contribution in [0.5, 0.6) is 0 Å².